The third-order valence-corrected chi connectivity index (χ3v) is 3.46. The van der Waals surface area contributed by atoms with Crippen molar-refractivity contribution in [1.82, 2.24) is 4.57 Å². The number of carbonyl (C=O) groups is 2. The van der Waals surface area contributed by atoms with Gasteiger partial charge in [-0.1, -0.05) is 0 Å². The Hall–Kier alpha value is -2.82. The van der Waals surface area contributed by atoms with Gasteiger partial charge in [-0.15, -0.1) is 0 Å². The van der Waals surface area contributed by atoms with Gasteiger partial charge in [0, 0.05) is 40.2 Å². The number of benzene rings is 2. The van der Waals surface area contributed by atoms with Gasteiger partial charge in [0.25, 0.3) is 0 Å². The summed E-state index contributed by atoms with van der Waals surface area (Å²) in [7, 11) is 1.99. The smallest absolute Gasteiger partial charge is 0.211 e. The number of hydrogen-bond acceptors (Lipinski definition) is 2. The first-order valence-corrected chi connectivity index (χ1v) is 6.17. The van der Waals surface area contributed by atoms with E-state index < -0.39 is 0 Å². The van der Waals surface area contributed by atoms with Crippen LogP contribution in [0.1, 0.15) is 0 Å². The predicted molar refractivity (Wildman–Crippen MR) is 79.8 cm³/mol. The third-order valence-electron chi connectivity index (χ3n) is 3.46. The first kappa shape index (κ1) is 12.2. The number of rotatable bonds is 4. The van der Waals surface area contributed by atoms with Crippen molar-refractivity contribution in [2.45, 2.75) is 0 Å². The van der Waals surface area contributed by atoms with E-state index in [2.05, 4.69) is 15.2 Å². The maximum atomic E-state index is 10.6. The molecule has 0 atom stereocenters. The Balaban J connectivity index is 2.32. The topological polar surface area (TPSA) is 63.1 Å². The van der Waals surface area contributed by atoms with Crippen LogP contribution in [-0.4, -0.2) is 17.4 Å². The fourth-order valence-electron chi connectivity index (χ4n) is 2.53. The Kier molecular flexibility index (Phi) is 2.87. The first-order chi connectivity index (χ1) is 9.74. The van der Waals surface area contributed by atoms with Crippen molar-refractivity contribution in [3.8, 4) is 0 Å². The summed E-state index contributed by atoms with van der Waals surface area (Å²) in [5, 5.41) is 7.37. The highest BCUT2D eigenvalue weighted by Crippen LogP contribution is 2.31. The molecule has 5 heteroatoms. The minimum absolute atomic E-state index is 0.658. The number of hydrogen-bond donors (Lipinski definition) is 2. The van der Waals surface area contributed by atoms with E-state index >= 15 is 0 Å². The number of anilines is 2. The summed E-state index contributed by atoms with van der Waals surface area (Å²) >= 11 is 0. The molecule has 0 fully saturated rings. The normalized spacial score (nSPS) is 10.7. The maximum absolute atomic E-state index is 10.6. The fourth-order valence-corrected chi connectivity index (χ4v) is 2.53. The highest BCUT2D eigenvalue weighted by atomic mass is 16.1. The average Bonchev–Trinajstić information content (AvgIpc) is 2.73. The molecule has 3 aromatic rings. The lowest BCUT2D eigenvalue weighted by Gasteiger charge is -2.00. The van der Waals surface area contributed by atoms with Crippen molar-refractivity contribution >= 4 is 46.0 Å². The predicted octanol–water partition coefficient (Wildman–Crippen LogP) is 2.47. The molecule has 3 rings (SSSR count). The minimum atomic E-state index is 0.658. The summed E-state index contributed by atoms with van der Waals surface area (Å²) in [5.41, 5.74) is 3.63. The average molecular weight is 267 g/mol. The van der Waals surface area contributed by atoms with Crippen molar-refractivity contribution in [2.75, 3.05) is 10.6 Å². The van der Waals surface area contributed by atoms with Crippen molar-refractivity contribution in [3.05, 3.63) is 36.4 Å². The number of aryl methyl sites for hydroxylation is 1. The SMILES string of the molecule is Cn1c2ccc(NC=O)cc2c2cc(NC=O)ccc21. The Morgan fingerprint density at radius 1 is 0.850 bits per heavy atom. The Bertz CT molecular complexity index is 753. The molecule has 0 aliphatic carbocycles. The summed E-state index contributed by atoms with van der Waals surface area (Å²) in [6, 6.07) is 11.5. The maximum Gasteiger partial charge on any atom is 0.211 e. The molecule has 0 saturated carbocycles. The second-order valence-corrected chi connectivity index (χ2v) is 4.55. The third kappa shape index (κ3) is 1.80. The van der Waals surface area contributed by atoms with Crippen LogP contribution < -0.4 is 10.6 Å². The first-order valence-electron chi connectivity index (χ1n) is 6.17. The van der Waals surface area contributed by atoms with Crippen LogP contribution in [0.2, 0.25) is 0 Å². The van der Waals surface area contributed by atoms with E-state index in [9.17, 15) is 9.59 Å². The van der Waals surface area contributed by atoms with Gasteiger partial charge >= 0.3 is 0 Å². The van der Waals surface area contributed by atoms with Crippen LogP contribution in [0.5, 0.6) is 0 Å². The summed E-state index contributed by atoms with van der Waals surface area (Å²) in [4.78, 5) is 21.1. The molecular formula is C15H13N3O2. The summed E-state index contributed by atoms with van der Waals surface area (Å²) in [5.74, 6) is 0. The van der Waals surface area contributed by atoms with Gasteiger partial charge < -0.3 is 15.2 Å². The van der Waals surface area contributed by atoms with Gasteiger partial charge in [-0.25, -0.2) is 0 Å². The zero-order chi connectivity index (χ0) is 14.1. The molecule has 0 bridgehead atoms. The highest BCUT2D eigenvalue weighted by Gasteiger charge is 2.09. The summed E-state index contributed by atoms with van der Waals surface area (Å²) < 4.78 is 2.08. The molecule has 5 nitrogen and oxygen atoms in total. The lowest BCUT2D eigenvalue weighted by Crippen LogP contribution is -1.93. The van der Waals surface area contributed by atoms with Crippen molar-refractivity contribution in [2.24, 2.45) is 7.05 Å². The van der Waals surface area contributed by atoms with Crippen LogP contribution >= 0.6 is 0 Å². The van der Waals surface area contributed by atoms with Gasteiger partial charge in [0.2, 0.25) is 12.8 Å². The van der Waals surface area contributed by atoms with E-state index in [-0.39, 0.29) is 0 Å². The molecule has 20 heavy (non-hydrogen) atoms. The second-order valence-electron chi connectivity index (χ2n) is 4.55. The van der Waals surface area contributed by atoms with Crippen LogP contribution in [0.25, 0.3) is 21.8 Å². The molecule has 2 N–H and O–H groups in total. The van der Waals surface area contributed by atoms with Gasteiger partial charge in [-0.3, -0.25) is 9.59 Å². The van der Waals surface area contributed by atoms with E-state index in [1.165, 1.54) is 0 Å². The molecule has 1 aromatic heterocycles. The number of nitrogens with zero attached hydrogens (tertiary/aromatic N) is 1. The molecular weight excluding hydrogens is 254 g/mol. The lowest BCUT2D eigenvalue weighted by atomic mass is 10.1. The Morgan fingerprint density at radius 2 is 1.30 bits per heavy atom. The van der Waals surface area contributed by atoms with Gasteiger partial charge in [-0.2, -0.15) is 0 Å². The van der Waals surface area contributed by atoms with Gasteiger partial charge in [0.15, 0.2) is 0 Å². The number of carbonyl (C=O) groups excluding carboxylic acids is 2. The van der Waals surface area contributed by atoms with Crippen LogP contribution in [-0.2, 0) is 16.6 Å². The lowest BCUT2D eigenvalue weighted by molar-refractivity contribution is -0.106. The van der Waals surface area contributed by atoms with Crippen molar-refractivity contribution < 1.29 is 9.59 Å². The molecule has 0 unspecified atom stereocenters. The molecule has 0 radical (unpaired) electrons. The van der Waals surface area contributed by atoms with E-state index in [0.717, 1.165) is 33.2 Å². The van der Waals surface area contributed by atoms with Crippen LogP contribution in [0.4, 0.5) is 11.4 Å². The molecule has 2 aromatic carbocycles. The second kappa shape index (κ2) is 4.70. The number of aromatic nitrogens is 1. The Labute approximate surface area is 115 Å². The molecule has 0 saturated heterocycles. The summed E-state index contributed by atoms with van der Waals surface area (Å²) in [6.45, 7) is 0. The molecule has 0 aliphatic rings. The fraction of sp³-hybridized carbons (Fsp3) is 0.0667. The van der Waals surface area contributed by atoms with Gasteiger partial charge in [-0.05, 0) is 36.4 Å². The van der Waals surface area contributed by atoms with Crippen LogP contribution in [0.15, 0.2) is 36.4 Å². The molecule has 0 spiro atoms. The van der Waals surface area contributed by atoms with E-state index in [1.54, 1.807) is 0 Å². The van der Waals surface area contributed by atoms with Crippen molar-refractivity contribution in [3.63, 3.8) is 0 Å². The molecule has 1 heterocycles. The monoisotopic (exact) mass is 267 g/mol. The zero-order valence-corrected chi connectivity index (χ0v) is 10.9. The van der Waals surface area contributed by atoms with E-state index in [0.29, 0.717) is 12.8 Å². The van der Waals surface area contributed by atoms with E-state index in [1.807, 2.05) is 43.4 Å². The molecule has 100 valence electrons. The molecule has 2 amide bonds. The van der Waals surface area contributed by atoms with E-state index in [4.69, 9.17) is 0 Å². The largest absolute Gasteiger partial charge is 0.344 e. The molecule has 0 aliphatic heterocycles. The number of nitrogens with one attached hydrogen (secondary N) is 2. The van der Waals surface area contributed by atoms with Gasteiger partial charge in [0.05, 0.1) is 0 Å². The Morgan fingerprint density at radius 3 is 1.70 bits per heavy atom. The van der Waals surface area contributed by atoms with Gasteiger partial charge in [0.1, 0.15) is 0 Å². The summed E-state index contributed by atoms with van der Waals surface area (Å²) in [6.07, 6.45) is 1.32. The van der Waals surface area contributed by atoms with Crippen LogP contribution in [0, 0.1) is 0 Å². The standard InChI is InChI=1S/C15H13N3O2/c1-18-14-4-2-10(16-8-19)6-12(14)13-7-11(17-9-20)3-5-15(13)18/h2-9H,1H3,(H,16,19)(H,17,20). The minimum Gasteiger partial charge on any atom is -0.344 e. The highest BCUT2D eigenvalue weighted by molar-refractivity contribution is 6.10. The quantitative estimate of drug-likeness (QED) is 0.713. The number of fused-ring (bicyclic) bond motifs is 3. The number of amides is 2. The zero-order valence-electron chi connectivity index (χ0n) is 10.9. The van der Waals surface area contributed by atoms with Crippen LogP contribution in [0.3, 0.4) is 0 Å². The van der Waals surface area contributed by atoms with Crippen molar-refractivity contribution in [1.29, 1.82) is 0 Å².